The van der Waals surface area contributed by atoms with Crippen LogP contribution in [0.4, 0.5) is 10.1 Å². The SMILES string of the molecule is Cn1ncc(C(=O)N2CC(F)C2)c1C(=O)Nc1ccn2nc(-c3ccccc3)nc2c1. The molecule has 4 heterocycles. The summed E-state index contributed by atoms with van der Waals surface area (Å²) in [6, 6.07) is 13.0. The molecular formula is C21H18FN7O2. The lowest BCUT2D eigenvalue weighted by molar-refractivity contribution is 0.0398. The van der Waals surface area contributed by atoms with Gasteiger partial charge in [-0.15, -0.1) is 5.10 Å². The average Bonchev–Trinajstić information content (AvgIpc) is 3.35. The van der Waals surface area contributed by atoms with Crippen molar-refractivity contribution in [3.05, 3.63) is 66.1 Å². The second-order valence-corrected chi connectivity index (χ2v) is 7.31. The first-order valence-electron chi connectivity index (χ1n) is 9.68. The van der Waals surface area contributed by atoms with Gasteiger partial charge in [0.2, 0.25) is 0 Å². The number of pyridine rings is 1. The van der Waals surface area contributed by atoms with Gasteiger partial charge in [-0.3, -0.25) is 14.3 Å². The fourth-order valence-electron chi connectivity index (χ4n) is 3.48. The van der Waals surface area contributed by atoms with Crippen molar-refractivity contribution in [3.8, 4) is 11.4 Å². The molecule has 0 saturated carbocycles. The third kappa shape index (κ3) is 3.41. The van der Waals surface area contributed by atoms with Crippen LogP contribution in [0.3, 0.4) is 0 Å². The van der Waals surface area contributed by atoms with Crippen molar-refractivity contribution in [2.24, 2.45) is 7.05 Å². The summed E-state index contributed by atoms with van der Waals surface area (Å²) in [6.07, 6.45) is 2.01. The molecule has 10 heteroatoms. The number of amides is 2. The zero-order valence-corrected chi connectivity index (χ0v) is 16.6. The lowest BCUT2D eigenvalue weighted by Crippen LogP contribution is -2.51. The van der Waals surface area contributed by atoms with Gasteiger partial charge in [-0.05, 0) is 6.07 Å². The normalized spacial score (nSPS) is 13.9. The van der Waals surface area contributed by atoms with Gasteiger partial charge in [0.15, 0.2) is 11.5 Å². The highest BCUT2D eigenvalue weighted by Gasteiger charge is 2.34. The number of carbonyl (C=O) groups excluding carboxylic acids is 2. The van der Waals surface area contributed by atoms with Gasteiger partial charge >= 0.3 is 0 Å². The van der Waals surface area contributed by atoms with Crippen molar-refractivity contribution in [1.82, 2.24) is 29.3 Å². The number of halogens is 1. The summed E-state index contributed by atoms with van der Waals surface area (Å²) in [4.78, 5) is 31.4. The molecule has 1 N–H and O–H groups in total. The Morgan fingerprint density at radius 1 is 1.16 bits per heavy atom. The first-order valence-corrected chi connectivity index (χ1v) is 9.68. The van der Waals surface area contributed by atoms with E-state index in [0.717, 1.165) is 5.56 Å². The minimum atomic E-state index is -1.02. The van der Waals surface area contributed by atoms with E-state index >= 15 is 0 Å². The maximum Gasteiger partial charge on any atom is 0.274 e. The van der Waals surface area contributed by atoms with Crippen LogP contribution in [0.1, 0.15) is 20.8 Å². The van der Waals surface area contributed by atoms with E-state index in [2.05, 4.69) is 20.5 Å². The smallest absolute Gasteiger partial charge is 0.274 e. The second kappa shape index (κ2) is 7.31. The summed E-state index contributed by atoms with van der Waals surface area (Å²) in [6.45, 7) is 0.0597. The summed E-state index contributed by atoms with van der Waals surface area (Å²) >= 11 is 0. The molecule has 2 amide bonds. The number of hydrogen-bond acceptors (Lipinski definition) is 5. The quantitative estimate of drug-likeness (QED) is 0.547. The first kappa shape index (κ1) is 18.9. The van der Waals surface area contributed by atoms with Gasteiger partial charge in [0.05, 0.1) is 24.8 Å². The van der Waals surface area contributed by atoms with Crippen molar-refractivity contribution in [3.63, 3.8) is 0 Å². The van der Waals surface area contributed by atoms with E-state index in [4.69, 9.17) is 0 Å². The predicted molar refractivity (Wildman–Crippen MR) is 110 cm³/mol. The molecule has 3 aromatic heterocycles. The summed E-state index contributed by atoms with van der Waals surface area (Å²) in [5.74, 6) is -0.329. The fraction of sp³-hybridized carbons (Fsp3) is 0.190. The third-order valence-electron chi connectivity index (χ3n) is 5.14. The largest absolute Gasteiger partial charge is 0.333 e. The molecule has 0 atom stereocenters. The molecule has 9 nitrogen and oxygen atoms in total. The van der Waals surface area contributed by atoms with E-state index in [-0.39, 0.29) is 24.3 Å². The number of aromatic nitrogens is 5. The highest BCUT2D eigenvalue weighted by atomic mass is 19.1. The molecule has 0 unspecified atom stereocenters. The number of aryl methyl sites for hydroxylation is 1. The van der Waals surface area contributed by atoms with Crippen molar-refractivity contribution < 1.29 is 14.0 Å². The zero-order chi connectivity index (χ0) is 21.5. The number of alkyl halides is 1. The van der Waals surface area contributed by atoms with Gasteiger partial charge in [0.25, 0.3) is 11.8 Å². The van der Waals surface area contributed by atoms with E-state index in [9.17, 15) is 14.0 Å². The van der Waals surface area contributed by atoms with Crippen LogP contribution >= 0.6 is 0 Å². The molecule has 31 heavy (non-hydrogen) atoms. The third-order valence-corrected chi connectivity index (χ3v) is 5.14. The van der Waals surface area contributed by atoms with Gasteiger partial charge in [0, 0.05) is 30.6 Å². The van der Waals surface area contributed by atoms with Crippen LogP contribution in [0.2, 0.25) is 0 Å². The summed E-state index contributed by atoms with van der Waals surface area (Å²) in [5, 5.41) is 11.3. The Balaban J connectivity index is 1.39. The number of anilines is 1. The number of hydrogen-bond donors (Lipinski definition) is 1. The number of fused-ring (bicyclic) bond motifs is 1. The molecular weight excluding hydrogens is 401 g/mol. The molecule has 0 bridgehead atoms. The Bertz CT molecular complexity index is 1290. The maximum atomic E-state index is 13.1. The van der Waals surface area contributed by atoms with Crippen LogP contribution in [0.5, 0.6) is 0 Å². The van der Waals surface area contributed by atoms with Gasteiger partial charge < -0.3 is 10.2 Å². The summed E-state index contributed by atoms with van der Waals surface area (Å²) in [5.41, 5.74) is 2.20. The van der Waals surface area contributed by atoms with Gasteiger partial charge in [-0.2, -0.15) is 5.10 Å². The average molecular weight is 419 g/mol. The van der Waals surface area contributed by atoms with Crippen LogP contribution in [0.25, 0.3) is 17.0 Å². The standard InChI is InChI=1S/C21H18FN7O2/c1-27-18(16(10-23-27)21(31)28-11-14(22)12-28)20(30)24-15-7-8-29-17(9-15)25-19(26-29)13-5-3-2-4-6-13/h2-10,14H,11-12H2,1H3,(H,24,30). The predicted octanol–water partition coefficient (Wildman–Crippen LogP) is 2.18. The van der Waals surface area contributed by atoms with Crippen molar-refractivity contribution >= 4 is 23.1 Å². The molecule has 4 aromatic rings. The Kier molecular flexibility index (Phi) is 4.46. The van der Waals surface area contributed by atoms with Crippen molar-refractivity contribution in [2.45, 2.75) is 6.17 Å². The van der Waals surface area contributed by atoms with Gasteiger partial charge in [-0.1, -0.05) is 30.3 Å². The minimum absolute atomic E-state index is 0.0298. The Labute approximate surface area is 176 Å². The molecule has 1 aliphatic heterocycles. The van der Waals surface area contributed by atoms with Crippen LogP contribution in [0, 0.1) is 0 Å². The summed E-state index contributed by atoms with van der Waals surface area (Å²) < 4.78 is 16.1. The van der Waals surface area contributed by atoms with Crippen LogP contribution in [-0.4, -0.2) is 60.4 Å². The molecule has 156 valence electrons. The van der Waals surface area contributed by atoms with E-state index in [0.29, 0.717) is 17.2 Å². The monoisotopic (exact) mass is 419 g/mol. The number of nitrogens with one attached hydrogen (secondary N) is 1. The van der Waals surface area contributed by atoms with Gasteiger partial charge in [-0.25, -0.2) is 13.9 Å². The Morgan fingerprint density at radius 2 is 1.94 bits per heavy atom. The Hall–Kier alpha value is -4.08. The molecule has 1 aliphatic rings. The second-order valence-electron chi connectivity index (χ2n) is 7.31. The highest BCUT2D eigenvalue weighted by Crippen LogP contribution is 2.21. The van der Waals surface area contributed by atoms with Crippen LogP contribution < -0.4 is 5.32 Å². The number of benzene rings is 1. The van der Waals surface area contributed by atoms with Crippen LogP contribution in [-0.2, 0) is 7.05 Å². The van der Waals surface area contributed by atoms with Crippen molar-refractivity contribution in [1.29, 1.82) is 0 Å². The molecule has 0 spiro atoms. The number of rotatable bonds is 4. The van der Waals surface area contributed by atoms with E-state index in [1.165, 1.54) is 15.8 Å². The topological polar surface area (TPSA) is 97.4 Å². The number of likely N-dealkylation sites (tertiary alicyclic amines) is 1. The van der Waals surface area contributed by atoms with E-state index in [1.807, 2.05) is 30.3 Å². The molecule has 0 radical (unpaired) electrons. The molecule has 1 saturated heterocycles. The molecule has 5 rings (SSSR count). The Morgan fingerprint density at radius 3 is 2.68 bits per heavy atom. The van der Waals surface area contributed by atoms with Crippen LogP contribution in [0.15, 0.2) is 54.9 Å². The van der Waals surface area contributed by atoms with Crippen molar-refractivity contribution in [2.75, 3.05) is 18.4 Å². The number of carbonyl (C=O) groups is 2. The maximum absolute atomic E-state index is 13.1. The minimum Gasteiger partial charge on any atom is -0.333 e. The summed E-state index contributed by atoms with van der Waals surface area (Å²) in [7, 11) is 1.58. The fourth-order valence-corrected chi connectivity index (χ4v) is 3.48. The van der Waals surface area contributed by atoms with E-state index in [1.54, 1.807) is 29.9 Å². The highest BCUT2D eigenvalue weighted by molar-refractivity contribution is 6.11. The zero-order valence-electron chi connectivity index (χ0n) is 16.6. The van der Waals surface area contributed by atoms with E-state index < -0.39 is 18.0 Å². The first-order chi connectivity index (χ1) is 15.0. The molecule has 1 fully saturated rings. The molecule has 1 aromatic carbocycles. The lowest BCUT2D eigenvalue weighted by atomic mass is 10.1. The van der Waals surface area contributed by atoms with Gasteiger partial charge in [0.1, 0.15) is 11.9 Å². The molecule has 0 aliphatic carbocycles. The lowest BCUT2D eigenvalue weighted by Gasteiger charge is -2.34. The number of nitrogens with zero attached hydrogens (tertiary/aromatic N) is 6.